The highest BCUT2D eigenvalue weighted by atomic mass is 32.2. The van der Waals surface area contributed by atoms with Crippen LogP contribution in [-0.2, 0) is 14.8 Å². The molecule has 0 unspecified atom stereocenters. The summed E-state index contributed by atoms with van der Waals surface area (Å²) in [7, 11) is -3.74. The third kappa shape index (κ3) is 5.57. The Morgan fingerprint density at radius 1 is 1.22 bits per heavy atom. The number of thioether (sulfide) groups is 1. The van der Waals surface area contributed by atoms with Crippen molar-refractivity contribution in [3.8, 4) is 6.07 Å². The van der Waals surface area contributed by atoms with Gasteiger partial charge in [0.05, 0.1) is 16.4 Å². The van der Waals surface area contributed by atoms with Gasteiger partial charge < -0.3 is 4.90 Å². The average molecular weight is 527 g/mol. The first kappa shape index (κ1) is 26.2. The van der Waals surface area contributed by atoms with Crippen LogP contribution < -0.4 is 9.62 Å². The molecule has 190 valence electrons. The number of anilines is 1. The van der Waals surface area contributed by atoms with Gasteiger partial charge in [-0.2, -0.15) is 5.26 Å². The van der Waals surface area contributed by atoms with Gasteiger partial charge in [-0.25, -0.2) is 13.4 Å². The highest BCUT2D eigenvalue weighted by molar-refractivity contribution is 7.98. The second kappa shape index (κ2) is 11.0. The summed E-state index contributed by atoms with van der Waals surface area (Å²) in [6.45, 7) is 2.86. The standard InChI is InChI=1S/C26H30N4O4S2/c1-3-7-22(31)21-14-19(16-27)24(28-26(21)35-2)30-12-10-18(11-13-30)25(32)29-36(33,34)23-15-20(23)17-8-5-4-6-9-17/h4-6,8-9,14,18,20,23H,3,7,10-13,15H2,1-2H3,(H,29,32)/t20-,23+/m0/s1. The monoisotopic (exact) mass is 526 g/mol. The van der Waals surface area contributed by atoms with Gasteiger partial charge >= 0.3 is 0 Å². The molecule has 2 aliphatic rings. The maximum atomic E-state index is 12.8. The Bertz CT molecular complexity index is 1280. The summed E-state index contributed by atoms with van der Waals surface area (Å²) in [5.41, 5.74) is 1.78. The lowest BCUT2D eigenvalue weighted by Crippen LogP contribution is -2.43. The number of pyridine rings is 1. The molecule has 2 heterocycles. The molecular formula is C26H30N4O4S2. The molecule has 1 aliphatic heterocycles. The van der Waals surface area contributed by atoms with Crippen molar-refractivity contribution in [2.24, 2.45) is 5.92 Å². The topological polar surface area (TPSA) is 120 Å². The SMILES string of the molecule is CCCC(=O)c1cc(C#N)c(N2CCC(C(=O)NS(=O)(=O)[C@@H]3C[C@H]3c3ccccc3)CC2)nc1SC. The first-order valence-electron chi connectivity index (χ1n) is 12.2. The average Bonchev–Trinajstić information content (AvgIpc) is 3.71. The molecule has 1 N–H and O–H groups in total. The maximum Gasteiger partial charge on any atom is 0.238 e. The molecule has 1 amide bonds. The molecule has 36 heavy (non-hydrogen) atoms. The molecule has 1 saturated heterocycles. The third-order valence-electron chi connectivity index (χ3n) is 6.83. The minimum atomic E-state index is -3.74. The van der Waals surface area contributed by atoms with E-state index in [-0.39, 0.29) is 11.7 Å². The number of nitriles is 1. The summed E-state index contributed by atoms with van der Waals surface area (Å²) >= 11 is 1.37. The van der Waals surface area contributed by atoms with E-state index in [1.165, 1.54) is 11.8 Å². The number of sulfonamides is 1. The van der Waals surface area contributed by atoms with Crippen molar-refractivity contribution in [3.63, 3.8) is 0 Å². The van der Waals surface area contributed by atoms with Crippen LogP contribution in [0.3, 0.4) is 0 Å². The number of nitrogens with zero attached hydrogens (tertiary/aromatic N) is 3. The molecule has 1 aliphatic carbocycles. The van der Waals surface area contributed by atoms with Crippen LogP contribution in [0.1, 0.15) is 66.4 Å². The van der Waals surface area contributed by atoms with Gasteiger partial charge in [-0.3, -0.25) is 14.3 Å². The number of carbonyl (C=O) groups excluding carboxylic acids is 2. The smallest absolute Gasteiger partial charge is 0.238 e. The fourth-order valence-electron chi connectivity index (χ4n) is 4.75. The number of amides is 1. The molecular weight excluding hydrogens is 496 g/mol. The second-order valence-electron chi connectivity index (χ2n) is 9.27. The van der Waals surface area contributed by atoms with Crippen molar-refractivity contribution >= 4 is 39.3 Å². The predicted molar refractivity (Wildman–Crippen MR) is 140 cm³/mol. The zero-order valence-corrected chi connectivity index (χ0v) is 22.1. The van der Waals surface area contributed by atoms with Gasteiger partial charge in [0, 0.05) is 31.3 Å². The lowest BCUT2D eigenvalue weighted by atomic mass is 9.96. The minimum absolute atomic E-state index is 0.0286. The van der Waals surface area contributed by atoms with E-state index in [4.69, 9.17) is 0 Å². The molecule has 8 nitrogen and oxygen atoms in total. The first-order valence-corrected chi connectivity index (χ1v) is 14.9. The van der Waals surface area contributed by atoms with E-state index in [2.05, 4.69) is 15.8 Å². The Balaban J connectivity index is 1.39. The van der Waals surface area contributed by atoms with Crippen LogP contribution in [-0.4, -0.2) is 49.7 Å². The number of hydrogen-bond donors (Lipinski definition) is 1. The van der Waals surface area contributed by atoms with Gasteiger partial charge in [-0.1, -0.05) is 37.3 Å². The van der Waals surface area contributed by atoms with Gasteiger partial charge in [0.25, 0.3) is 0 Å². The molecule has 10 heteroatoms. The molecule has 0 spiro atoms. The molecule has 2 aromatic rings. The summed E-state index contributed by atoms with van der Waals surface area (Å²) < 4.78 is 27.9. The van der Waals surface area contributed by atoms with Gasteiger partial charge in [0.2, 0.25) is 15.9 Å². The molecule has 1 aromatic carbocycles. The van der Waals surface area contributed by atoms with Gasteiger partial charge in [-0.05, 0) is 43.6 Å². The number of carbonyl (C=O) groups is 2. The number of nitrogens with one attached hydrogen (secondary N) is 1. The quantitative estimate of drug-likeness (QED) is 0.386. The van der Waals surface area contributed by atoms with E-state index in [1.54, 1.807) is 6.07 Å². The molecule has 2 fully saturated rings. The van der Waals surface area contributed by atoms with E-state index in [1.807, 2.05) is 48.4 Å². The number of benzene rings is 1. The van der Waals surface area contributed by atoms with Crippen LogP contribution in [0.2, 0.25) is 0 Å². The number of hydrogen-bond acceptors (Lipinski definition) is 8. The molecule has 4 rings (SSSR count). The van der Waals surface area contributed by atoms with E-state index >= 15 is 0 Å². The van der Waals surface area contributed by atoms with Gasteiger partial charge in [-0.15, -0.1) is 11.8 Å². The van der Waals surface area contributed by atoms with Crippen molar-refractivity contribution < 1.29 is 18.0 Å². The first-order chi connectivity index (χ1) is 17.3. The molecule has 1 saturated carbocycles. The highest BCUT2D eigenvalue weighted by Crippen LogP contribution is 2.45. The van der Waals surface area contributed by atoms with Crippen LogP contribution in [0, 0.1) is 17.2 Å². The summed E-state index contributed by atoms with van der Waals surface area (Å²) in [6, 6.07) is 13.3. The molecule has 1 aromatic heterocycles. The van der Waals surface area contributed by atoms with E-state index in [0.29, 0.717) is 60.7 Å². The van der Waals surface area contributed by atoms with Crippen LogP contribution in [0.25, 0.3) is 0 Å². The van der Waals surface area contributed by atoms with Crippen molar-refractivity contribution in [2.45, 2.75) is 55.2 Å². The van der Waals surface area contributed by atoms with Crippen LogP contribution >= 0.6 is 11.8 Å². The fourth-order valence-corrected chi connectivity index (χ4v) is 6.97. The van der Waals surface area contributed by atoms with Crippen molar-refractivity contribution in [1.82, 2.24) is 9.71 Å². The van der Waals surface area contributed by atoms with Gasteiger partial charge in [0.15, 0.2) is 5.78 Å². The van der Waals surface area contributed by atoms with Crippen LogP contribution in [0.4, 0.5) is 5.82 Å². The Morgan fingerprint density at radius 3 is 2.53 bits per heavy atom. The summed E-state index contributed by atoms with van der Waals surface area (Å²) in [6.07, 6.45) is 4.38. The van der Waals surface area contributed by atoms with Gasteiger partial charge in [0.1, 0.15) is 16.9 Å². The number of ketones is 1. The maximum absolute atomic E-state index is 12.8. The van der Waals surface area contributed by atoms with E-state index < -0.39 is 27.1 Å². The second-order valence-corrected chi connectivity index (χ2v) is 12.0. The third-order valence-corrected chi connectivity index (χ3v) is 9.33. The lowest BCUT2D eigenvalue weighted by molar-refractivity contribution is -0.123. The van der Waals surface area contributed by atoms with Crippen LogP contribution in [0.15, 0.2) is 41.4 Å². The number of aromatic nitrogens is 1. The molecule has 0 bridgehead atoms. The molecule has 0 radical (unpaired) electrons. The zero-order chi connectivity index (χ0) is 25.9. The highest BCUT2D eigenvalue weighted by Gasteiger charge is 2.49. The predicted octanol–water partition coefficient (Wildman–Crippen LogP) is 3.88. The van der Waals surface area contributed by atoms with Crippen molar-refractivity contribution in [1.29, 1.82) is 5.26 Å². The van der Waals surface area contributed by atoms with Crippen molar-refractivity contribution in [3.05, 3.63) is 53.1 Å². The lowest BCUT2D eigenvalue weighted by Gasteiger charge is -2.33. The Labute approximate surface area is 216 Å². The summed E-state index contributed by atoms with van der Waals surface area (Å²) in [5, 5.41) is 9.72. The Morgan fingerprint density at radius 2 is 1.92 bits per heavy atom. The van der Waals surface area contributed by atoms with E-state index in [0.717, 1.165) is 12.0 Å². The largest absolute Gasteiger partial charge is 0.355 e. The number of piperidine rings is 1. The van der Waals surface area contributed by atoms with Crippen LogP contribution in [0.5, 0.6) is 0 Å². The minimum Gasteiger partial charge on any atom is -0.355 e. The van der Waals surface area contributed by atoms with Crippen molar-refractivity contribution in [2.75, 3.05) is 24.2 Å². The summed E-state index contributed by atoms with van der Waals surface area (Å²) in [5.74, 6) is -0.496. The normalized spacial score (nSPS) is 20.0. The Hall–Kier alpha value is -2.90. The van der Waals surface area contributed by atoms with E-state index in [9.17, 15) is 23.3 Å². The number of Topliss-reactive ketones (excluding diaryl/α,β-unsaturated/α-hetero) is 1. The Kier molecular flexibility index (Phi) is 8.00. The zero-order valence-electron chi connectivity index (χ0n) is 20.4. The summed E-state index contributed by atoms with van der Waals surface area (Å²) in [4.78, 5) is 31.9. The molecule has 2 atom stereocenters. The number of rotatable bonds is 9. The fraction of sp³-hybridized carbons (Fsp3) is 0.462.